The highest BCUT2D eigenvalue weighted by Crippen LogP contribution is 2.32. The molecule has 1 aliphatic carbocycles. The zero-order valence-electron chi connectivity index (χ0n) is 12.5. The van der Waals surface area contributed by atoms with E-state index >= 15 is 0 Å². The van der Waals surface area contributed by atoms with E-state index in [-0.39, 0.29) is 0 Å². The molecule has 1 aromatic heterocycles. The number of rotatable bonds is 4. The molecule has 1 fully saturated rings. The maximum absolute atomic E-state index is 4.63. The molecule has 0 aliphatic heterocycles. The molecule has 4 heteroatoms. The van der Waals surface area contributed by atoms with Crippen LogP contribution in [0.5, 0.6) is 0 Å². The van der Waals surface area contributed by atoms with Gasteiger partial charge in [0.1, 0.15) is 0 Å². The molecular formula is C15H25N3S. The van der Waals surface area contributed by atoms with E-state index in [1.165, 1.54) is 31.2 Å². The standard InChI is InChI=1S/C15H25N3S/c1-5-16-13-7-6-8-14(9-13)19-15-17-11(3)10(2)12(4)18-15/h13-14,16H,5-9H2,1-4H3. The number of thioether (sulfide) groups is 1. The van der Waals surface area contributed by atoms with Gasteiger partial charge in [-0.1, -0.05) is 25.1 Å². The summed E-state index contributed by atoms with van der Waals surface area (Å²) in [6.07, 6.45) is 5.17. The summed E-state index contributed by atoms with van der Waals surface area (Å²) in [6.45, 7) is 9.52. The van der Waals surface area contributed by atoms with E-state index in [4.69, 9.17) is 0 Å². The van der Waals surface area contributed by atoms with E-state index < -0.39 is 0 Å². The van der Waals surface area contributed by atoms with Gasteiger partial charge in [-0.2, -0.15) is 0 Å². The zero-order chi connectivity index (χ0) is 13.8. The van der Waals surface area contributed by atoms with Crippen molar-refractivity contribution in [3.8, 4) is 0 Å². The summed E-state index contributed by atoms with van der Waals surface area (Å²) >= 11 is 1.87. The van der Waals surface area contributed by atoms with E-state index in [2.05, 4.69) is 43.0 Å². The van der Waals surface area contributed by atoms with Gasteiger partial charge in [-0.05, 0) is 52.1 Å². The normalized spacial score (nSPS) is 23.6. The second-order valence-corrected chi connectivity index (χ2v) is 6.73. The van der Waals surface area contributed by atoms with Crippen molar-refractivity contribution >= 4 is 11.8 Å². The van der Waals surface area contributed by atoms with Crippen molar-refractivity contribution in [2.24, 2.45) is 0 Å². The molecule has 1 N–H and O–H groups in total. The molecule has 0 spiro atoms. The fourth-order valence-electron chi connectivity index (χ4n) is 2.67. The Balaban J connectivity index is 2.00. The smallest absolute Gasteiger partial charge is 0.188 e. The summed E-state index contributed by atoms with van der Waals surface area (Å²) in [5, 5.41) is 5.20. The van der Waals surface area contributed by atoms with E-state index in [9.17, 15) is 0 Å². The average molecular weight is 279 g/mol. The molecule has 0 bridgehead atoms. The quantitative estimate of drug-likeness (QED) is 0.857. The fraction of sp³-hybridized carbons (Fsp3) is 0.733. The monoisotopic (exact) mass is 279 g/mol. The molecule has 2 rings (SSSR count). The number of aromatic nitrogens is 2. The number of nitrogens with zero attached hydrogens (tertiary/aromatic N) is 2. The second kappa shape index (κ2) is 6.71. The van der Waals surface area contributed by atoms with E-state index in [0.717, 1.165) is 23.1 Å². The lowest BCUT2D eigenvalue weighted by Crippen LogP contribution is -2.34. The first-order valence-electron chi connectivity index (χ1n) is 7.32. The topological polar surface area (TPSA) is 37.8 Å². The van der Waals surface area contributed by atoms with Gasteiger partial charge in [0.25, 0.3) is 0 Å². The zero-order valence-corrected chi connectivity index (χ0v) is 13.3. The van der Waals surface area contributed by atoms with Crippen LogP contribution in [-0.4, -0.2) is 27.8 Å². The van der Waals surface area contributed by atoms with Gasteiger partial charge >= 0.3 is 0 Å². The predicted octanol–water partition coefficient (Wildman–Crippen LogP) is 3.41. The van der Waals surface area contributed by atoms with E-state index in [1.807, 2.05) is 11.8 Å². The molecule has 1 aromatic rings. The first-order chi connectivity index (χ1) is 9.10. The largest absolute Gasteiger partial charge is 0.314 e. The van der Waals surface area contributed by atoms with Gasteiger partial charge in [-0.15, -0.1) is 0 Å². The van der Waals surface area contributed by atoms with Crippen LogP contribution in [0.3, 0.4) is 0 Å². The number of hydrogen-bond acceptors (Lipinski definition) is 4. The van der Waals surface area contributed by atoms with Crippen molar-refractivity contribution < 1.29 is 0 Å². The first-order valence-corrected chi connectivity index (χ1v) is 8.20. The highest BCUT2D eigenvalue weighted by molar-refractivity contribution is 7.99. The minimum atomic E-state index is 0.666. The number of nitrogens with one attached hydrogen (secondary N) is 1. The van der Waals surface area contributed by atoms with Crippen LogP contribution in [0.4, 0.5) is 0 Å². The molecule has 19 heavy (non-hydrogen) atoms. The van der Waals surface area contributed by atoms with E-state index in [1.54, 1.807) is 0 Å². The SMILES string of the molecule is CCNC1CCCC(Sc2nc(C)c(C)c(C)n2)C1. The van der Waals surface area contributed by atoms with Crippen molar-refractivity contribution in [3.63, 3.8) is 0 Å². The summed E-state index contributed by atoms with van der Waals surface area (Å²) in [5.41, 5.74) is 3.46. The minimum absolute atomic E-state index is 0.666. The summed E-state index contributed by atoms with van der Waals surface area (Å²) < 4.78 is 0. The summed E-state index contributed by atoms with van der Waals surface area (Å²) in [5.74, 6) is 0. The predicted molar refractivity (Wildman–Crippen MR) is 81.8 cm³/mol. The van der Waals surface area contributed by atoms with Crippen LogP contribution in [0, 0.1) is 20.8 Å². The molecule has 1 heterocycles. The highest BCUT2D eigenvalue weighted by atomic mass is 32.2. The molecule has 0 radical (unpaired) electrons. The van der Waals surface area contributed by atoms with Crippen molar-refractivity contribution in [2.75, 3.05) is 6.54 Å². The summed E-state index contributed by atoms with van der Waals surface area (Å²) in [7, 11) is 0. The molecule has 0 saturated heterocycles. The molecular weight excluding hydrogens is 254 g/mol. The van der Waals surface area contributed by atoms with Crippen LogP contribution < -0.4 is 5.32 Å². The minimum Gasteiger partial charge on any atom is -0.314 e. The lowest BCUT2D eigenvalue weighted by atomic mass is 9.95. The van der Waals surface area contributed by atoms with Gasteiger partial charge < -0.3 is 5.32 Å². The second-order valence-electron chi connectivity index (χ2n) is 5.46. The maximum atomic E-state index is 4.63. The Labute approximate surface area is 121 Å². The van der Waals surface area contributed by atoms with Crippen LogP contribution >= 0.6 is 11.8 Å². The number of hydrogen-bond donors (Lipinski definition) is 1. The van der Waals surface area contributed by atoms with Crippen molar-refractivity contribution in [1.29, 1.82) is 0 Å². The summed E-state index contributed by atoms with van der Waals surface area (Å²) in [4.78, 5) is 9.26. The first kappa shape index (κ1) is 14.8. The number of aryl methyl sites for hydroxylation is 2. The Hall–Kier alpha value is -0.610. The van der Waals surface area contributed by atoms with Crippen LogP contribution in [0.1, 0.15) is 49.6 Å². The van der Waals surface area contributed by atoms with Crippen LogP contribution in [0.2, 0.25) is 0 Å². The van der Waals surface area contributed by atoms with Gasteiger partial charge in [0.2, 0.25) is 0 Å². The molecule has 1 saturated carbocycles. The van der Waals surface area contributed by atoms with Gasteiger partial charge in [0.05, 0.1) is 0 Å². The Morgan fingerprint density at radius 1 is 1.16 bits per heavy atom. The Kier molecular flexibility index (Phi) is 5.22. The van der Waals surface area contributed by atoms with Gasteiger partial charge in [0.15, 0.2) is 5.16 Å². The van der Waals surface area contributed by atoms with Crippen molar-refractivity contribution in [3.05, 3.63) is 17.0 Å². The third-order valence-electron chi connectivity index (χ3n) is 4.00. The van der Waals surface area contributed by atoms with E-state index in [0.29, 0.717) is 11.3 Å². The molecule has 0 aromatic carbocycles. The Bertz CT molecular complexity index is 408. The summed E-state index contributed by atoms with van der Waals surface area (Å²) in [6, 6.07) is 0.684. The Morgan fingerprint density at radius 3 is 2.47 bits per heavy atom. The maximum Gasteiger partial charge on any atom is 0.188 e. The molecule has 0 amide bonds. The van der Waals surface area contributed by atoms with Crippen LogP contribution in [0.15, 0.2) is 5.16 Å². The highest BCUT2D eigenvalue weighted by Gasteiger charge is 2.23. The van der Waals surface area contributed by atoms with Crippen molar-refractivity contribution in [2.45, 2.75) is 69.8 Å². The van der Waals surface area contributed by atoms with Crippen LogP contribution in [0.25, 0.3) is 0 Å². The third kappa shape index (κ3) is 3.93. The van der Waals surface area contributed by atoms with Gasteiger partial charge in [-0.3, -0.25) is 0 Å². The molecule has 2 atom stereocenters. The molecule has 2 unspecified atom stereocenters. The molecule has 3 nitrogen and oxygen atoms in total. The van der Waals surface area contributed by atoms with Gasteiger partial charge in [0, 0.05) is 22.7 Å². The lowest BCUT2D eigenvalue weighted by Gasteiger charge is -2.28. The van der Waals surface area contributed by atoms with Crippen molar-refractivity contribution in [1.82, 2.24) is 15.3 Å². The van der Waals surface area contributed by atoms with Gasteiger partial charge in [-0.25, -0.2) is 9.97 Å². The molecule has 1 aliphatic rings. The fourth-order valence-corrected chi connectivity index (χ4v) is 3.96. The van der Waals surface area contributed by atoms with Crippen LogP contribution in [-0.2, 0) is 0 Å². The third-order valence-corrected chi connectivity index (χ3v) is 5.16. The molecule has 106 valence electrons. The lowest BCUT2D eigenvalue weighted by molar-refractivity contribution is 0.387. The average Bonchev–Trinajstić information content (AvgIpc) is 2.37. The Morgan fingerprint density at radius 2 is 1.84 bits per heavy atom.